The van der Waals surface area contributed by atoms with Gasteiger partial charge >= 0.3 is 0 Å². The average Bonchev–Trinajstić information content (AvgIpc) is 3.10. The van der Waals surface area contributed by atoms with Crippen LogP contribution in [0.25, 0.3) is 0 Å². The van der Waals surface area contributed by atoms with E-state index in [1.807, 2.05) is 6.07 Å². The number of carbonyl (C=O) groups excluding carboxylic acids is 1. The molecule has 2 spiro atoms. The summed E-state index contributed by atoms with van der Waals surface area (Å²) in [5.74, 6) is 1.77. The average molecular weight is 400 g/mol. The van der Waals surface area contributed by atoms with Gasteiger partial charge < -0.3 is 19.1 Å². The molecule has 29 heavy (non-hydrogen) atoms. The maximum atomic E-state index is 12.9. The number of ketones is 1. The number of piperidine rings is 1. The van der Waals surface area contributed by atoms with Crippen LogP contribution in [-0.2, 0) is 14.9 Å². The molecule has 5 nitrogen and oxygen atoms in total. The van der Waals surface area contributed by atoms with Crippen LogP contribution in [0.15, 0.2) is 12.1 Å². The van der Waals surface area contributed by atoms with E-state index in [2.05, 4.69) is 31.9 Å². The second-order valence-corrected chi connectivity index (χ2v) is 9.85. The first-order valence-electron chi connectivity index (χ1n) is 10.9. The van der Waals surface area contributed by atoms with Crippen LogP contribution < -0.4 is 9.47 Å². The first kappa shape index (κ1) is 19.4. The third-order valence-corrected chi connectivity index (χ3v) is 9.32. The lowest BCUT2D eigenvalue weighted by Crippen LogP contribution is -2.79. The van der Waals surface area contributed by atoms with Crippen LogP contribution in [0.3, 0.4) is 0 Å². The minimum Gasteiger partial charge on any atom is -0.493 e. The van der Waals surface area contributed by atoms with Crippen molar-refractivity contribution in [2.45, 2.75) is 69.6 Å². The predicted octanol–water partition coefficient (Wildman–Crippen LogP) is 3.50. The lowest BCUT2D eigenvalue weighted by atomic mass is 9.36. The summed E-state index contributed by atoms with van der Waals surface area (Å²) in [6, 6.07) is 4.55. The summed E-state index contributed by atoms with van der Waals surface area (Å²) in [6.45, 7) is 7.30. The first-order valence-corrected chi connectivity index (χ1v) is 10.9. The first-order chi connectivity index (χ1) is 13.8. The Kier molecular flexibility index (Phi) is 3.99. The number of hydrogen-bond donors (Lipinski definition) is 0. The predicted molar refractivity (Wildman–Crippen MR) is 111 cm³/mol. The van der Waals surface area contributed by atoms with Crippen LogP contribution in [0, 0.1) is 18.3 Å². The topological polar surface area (TPSA) is 48.0 Å². The number of aryl methyl sites for hydroxylation is 1. The van der Waals surface area contributed by atoms with Crippen LogP contribution in [0.2, 0.25) is 0 Å². The number of hydrogen-bond acceptors (Lipinski definition) is 5. The highest BCUT2D eigenvalue weighted by molar-refractivity contribution is 5.81. The highest BCUT2D eigenvalue weighted by Gasteiger charge is 2.79. The molecule has 5 aliphatic rings. The van der Waals surface area contributed by atoms with Crippen LogP contribution in [0.4, 0.5) is 0 Å². The van der Waals surface area contributed by atoms with Gasteiger partial charge in [0.2, 0.25) is 0 Å². The Labute approximate surface area is 173 Å². The molecule has 5 heteroatoms. The molecule has 158 valence electrons. The van der Waals surface area contributed by atoms with E-state index in [0.717, 1.165) is 43.7 Å². The zero-order chi connectivity index (χ0) is 20.8. The molecule has 1 saturated heterocycles. The van der Waals surface area contributed by atoms with Crippen molar-refractivity contribution in [3.05, 3.63) is 23.3 Å². The van der Waals surface area contributed by atoms with E-state index >= 15 is 0 Å². The lowest BCUT2D eigenvalue weighted by molar-refractivity contribution is -0.265. The van der Waals surface area contributed by atoms with E-state index in [1.54, 1.807) is 21.1 Å². The molecule has 4 fully saturated rings. The summed E-state index contributed by atoms with van der Waals surface area (Å²) in [4.78, 5) is 15.4. The van der Waals surface area contributed by atoms with Gasteiger partial charge in [-0.25, -0.2) is 0 Å². The van der Waals surface area contributed by atoms with Crippen molar-refractivity contribution in [3.63, 3.8) is 0 Å². The van der Waals surface area contributed by atoms with Crippen molar-refractivity contribution in [2.24, 2.45) is 11.3 Å². The molecular formula is C24H33NO4. The normalized spacial score (nSPS) is 42.6. The van der Waals surface area contributed by atoms with Crippen molar-refractivity contribution in [1.82, 2.24) is 4.90 Å². The highest BCUT2D eigenvalue weighted by Crippen LogP contribution is 2.74. The van der Waals surface area contributed by atoms with Gasteiger partial charge in [-0.15, -0.1) is 0 Å². The van der Waals surface area contributed by atoms with E-state index in [0.29, 0.717) is 6.04 Å². The largest absolute Gasteiger partial charge is 0.493 e. The maximum Gasteiger partial charge on any atom is 0.165 e. The summed E-state index contributed by atoms with van der Waals surface area (Å²) >= 11 is 0. The molecule has 0 amide bonds. The summed E-state index contributed by atoms with van der Waals surface area (Å²) in [6.07, 6.45) is 3.67. The van der Waals surface area contributed by atoms with E-state index in [1.165, 1.54) is 11.1 Å². The smallest absolute Gasteiger partial charge is 0.165 e. The number of Topliss-reactive ketones (excluding diaryl/α,β-unsaturated/α-hetero) is 1. The van der Waals surface area contributed by atoms with Gasteiger partial charge in [0.25, 0.3) is 0 Å². The molecule has 3 saturated carbocycles. The van der Waals surface area contributed by atoms with Crippen molar-refractivity contribution in [2.75, 3.05) is 27.8 Å². The Morgan fingerprint density at radius 2 is 2.00 bits per heavy atom. The van der Waals surface area contributed by atoms with Crippen LogP contribution >= 0.6 is 0 Å². The van der Waals surface area contributed by atoms with Crippen molar-refractivity contribution in [3.8, 4) is 11.5 Å². The van der Waals surface area contributed by atoms with Gasteiger partial charge in [-0.1, -0.05) is 6.07 Å². The van der Waals surface area contributed by atoms with Gasteiger partial charge in [-0.3, -0.25) is 4.79 Å². The van der Waals surface area contributed by atoms with E-state index in [4.69, 9.17) is 14.2 Å². The molecule has 4 unspecified atom stereocenters. The van der Waals surface area contributed by atoms with Gasteiger partial charge in [-0.05, 0) is 71.7 Å². The van der Waals surface area contributed by atoms with Crippen molar-refractivity contribution in [1.29, 1.82) is 0 Å². The number of nitrogens with zero attached hydrogens (tertiary/aromatic N) is 1. The summed E-state index contributed by atoms with van der Waals surface area (Å²) in [7, 11) is 5.71. The number of ether oxygens (including phenoxy) is 3. The fourth-order valence-electron chi connectivity index (χ4n) is 7.89. The van der Waals surface area contributed by atoms with E-state index in [9.17, 15) is 4.79 Å². The summed E-state index contributed by atoms with van der Waals surface area (Å²) < 4.78 is 18.9. The summed E-state index contributed by atoms with van der Waals surface area (Å²) in [5.41, 5.74) is 1.85. The van der Waals surface area contributed by atoms with Crippen molar-refractivity contribution < 1.29 is 19.0 Å². The van der Waals surface area contributed by atoms with Gasteiger partial charge in [0.15, 0.2) is 11.5 Å². The number of rotatable bonds is 3. The molecule has 1 aromatic rings. The second kappa shape index (κ2) is 5.98. The van der Waals surface area contributed by atoms with Gasteiger partial charge in [-0.2, -0.15) is 0 Å². The molecule has 1 aromatic carbocycles. The van der Waals surface area contributed by atoms with Crippen LogP contribution in [0.1, 0.15) is 50.7 Å². The zero-order valence-electron chi connectivity index (χ0n) is 18.5. The monoisotopic (exact) mass is 399 g/mol. The molecule has 6 atom stereocenters. The Morgan fingerprint density at radius 3 is 2.66 bits per heavy atom. The van der Waals surface area contributed by atoms with Crippen molar-refractivity contribution >= 4 is 5.78 Å². The quantitative estimate of drug-likeness (QED) is 0.779. The standard InChI is InChI=1S/C24H33NO4/c1-14-7-8-18(27-5)20-19(14)23-11-12-25(4)16(3)22(23)9-10-24(28-6,21(23)29-20)17(13-22)15(2)26/h7-8,16-17,21H,9-13H2,1-6H3/t16-,17?,21?,22?,23+,24?/m1/s1. The maximum absolute atomic E-state index is 12.9. The minimum absolute atomic E-state index is 0.0103. The van der Waals surface area contributed by atoms with E-state index < -0.39 is 5.60 Å². The minimum atomic E-state index is -0.570. The Bertz CT molecular complexity index is 884. The molecule has 6 rings (SSSR count). The van der Waals surface area contributed by atoms with E-state index in [-0.39, 0.29) is 28.6 Å². The second-order valence-electron chi connectivity index (χ2n) is 9.85. The Morgan fingerprint density at radius 1 is 1.24 bits per heavy atom. The molecule has 0 N–H and O–H groups in total. The fourth-order valence-corrected chi connectivity index (χ4v) is 7.89. The Hall–Kier alpha value is -1.59. The zero-order valence-corrected chi connectivity index (χ0v) is 18.5. The molecule has 2 heterocycles. The number of benzene rings is 1. The molecule has 2 aliphatic heterocycles. The van der Waals surface area contributed by atoms with Crippen LogP contribution in [-0.4, -0.2) is 56.2 Å². The number of fused-ring (bicyclic) bond motifs is 3. The number of carbonyl (C=O) groups is 1. The number of likely N-dealkylation sites (tertiary alicyclic amines) is 1. The lowest BCUT2D eigenvalue weighted by Gasteiger charge is -2.71. The molecular weight excluding hydrogens is 366 g/mol. The third-order valence-electron chi connectivity index (χ3n) is 9.32. The van der Waals surface area contributed by atoms with Gasteiger partial charge in [0, 0.05) is 29.5 Å². The van der Waals surface area contributed by atoms with Gasteiger partial charge in [0.05, 0.1) is 13.0 Å². The third kappa shape index (κ3) is 1.97. The fraction of sp³-hybridized carbons (Fsp3) is 0.708. The van der Waals surface area contributed by atoms with Crippen LogP contribution in [0.5, 0.6) is 11.5 Å². The van der Waals surface area contributed by atoms with Gasteiger partial charge in [0.1, 0.15) is 17.5 Å². The Balaban J connectivity index is 1.84. The molecule has 3 aliphatic carbocycles. The summed E-state index contributed by atoms with van der Waals surface area (Å²) in [5, 5.41) is 0. The SMILES string of the molecule is COc1ccc(C)c2c1OC1C3(OC)CCC4(CC3C(C)=O)[C@@H](C)N(C)CC[C@]214. The molecule has 0 radical (unpaired) electrons. The molecule has 0 aromatic heterocycles. The molecule has 2 bridgehead atoms. The highest BCUT2D eigenvalue weighted by atomic mass is 16.6. The number of methoxy groups -OCH3 is 2.